The van der Waals surface area contributed by atoms with Crippen LogP contribution in [0.3, 0.4) is 0 Å². The third-order valence-electron chi connectivity index (χ3n) is 0.426. The van der Waals surface area contributed by atoms with E-state index in [0.717, 1.165) is 5.92 Å². The van der Waals surface area contributed by atoms with E-state index in [1.807, 2.05) is 0 Å². The van der Waals surface area contributed by atoms with Crippen LogP contribution in [0.5, 0.6) is 0 Å². The van der Waals surface area contributed by atoms with Crippen LogP contribution in [0.25, 0.3) is 0 Å². The lowest BCUT2D eigenvalue weighted by molar-refractivity contribution is -0.116. The highest BCUT2D eigenvalue weighted by Gasteiger charge is 1.82. The van der Waals surface area contributed by atoms with E-state index in [0.29, 0.717) is 6.54 Å². The number of rotatable bonds is 2. The molecule has 0 bridgehead atoms. The second-order valence-electron chi connectivity index (χ2n) is 2.96. The Kier molecular flexibility index (Phi) is 10.6. The lowest BCUT2D eigenvalue weighted by Crippen LogP contribution is -2.14. The van der Waals surface area contributed by atoms with Gasteiger partial charge in [0.25, 0.3) is 0 Å². The van der Waals surface area contributed by atoms with Gasteiger partial charge in [0.05, 0.1) is 6.54 Å². The molecule has 0 atom stereocenters. The molecule has 0 radical (unpaired) electrons. The summed E-state index contributed by atoms with van der Waals surface area (Å²) in [7, 11) is 1.75. The first kappa shape index (κ1) is 12.3. The van der Waals surface area contributed by atoms with Crippen LogP contribution in [-0.4, -0.2) is 19.4 Å². The van der Waals surface area contributed by atoms with Crippen molar-refractivity contribution in [3.8, 4) is 0 Å². The lowest BCUT2D eigenvalue weighted by Gasteiger charge is -1.85. The van der Waals surface area contributed by atoms with Crippen LogP contribution < -0.4 is 5.32 Å². The molecule has 0 saturated heterocycles. The Labute approximate surface area is 64.0 Å². The largest absolute Gasteiger partial charge is 0.313 e. The summed E-state index contributed by atoms with van der Waals surface area (Å²) in [6.07, 6.45) is 0. The Hall–Kier alpha value is -0.370. The summed E-state index contributed by atoms with van der Waals surface area (Å²) in [5.41, 5.74) is 0. The summed E-state index contributed by atoms with van der Waals surface area (Å²) in [5.74, 6) is 1.01. The van der Waals surface area contributed by atoms with Crippen LogP contribution in [0, 0.1) is 5.92 Å². The van der Waals surface area contributed by atoms with Crippen molar-refractivity contribution in [3.05, 3.63) is 0 Å². The van der Waals surface area contributed by atoms with E-state index in [9.17, 15) is 4.79 Å². The smallest absolute Gasteiger partial charge is 0.143 e. The molecule has 0 amide bonds. The molecule has 0 unspecified atom stereocenters. The highest BCUT2D eigenvalue weighted by Crippen LogP contribution is 1.81. The van der Waals surface area contributed by atoms with Crippen molar-refractivity contribution in [1.29, 1.82) is 0 Å². The number of Topliss-reactive ketones (excluding diaryl/α,β-unsaturated/α-hetero) is 1. The van der Waals surface area contributed by atoms with E-state index in [4.69, 9.17) is 0 Å². The topological polar surface area (TPSA) is 29.1 Å². The van der Waals surface area contributed by atoms with E-state index >= 15 is 0 Å². The fourth-order valence-corrected chi connectivity index (χ4v) is 0.249. The quantitative estimate of drug-likeness (QED) is 0.637. The van der Waals surface area contributed by atoms with Gasteiger partial charge in [0.15, 0.2) is 0 Å². The summed E-state index contributed by atoms with van der Waals surface area (Å²) in [6.45, 7) is 8.54. The summed E-state index contributed by atoms with van der Waals surface area (Å²) < 4.78 is 0. The minimum Gasteiger partial charge on any atom is -0.313 e. The van der Waals surface area contributed by atoms with E-state index in [2.05, 4.69) is 26.1 Å². The van der Waals surface area contributed by atoms with Gasteiger partial charge in [-0.1, -0.05) is 20.8 Å². The third kappa shape index (κ3) is 48.5. The number of hydrogen-bond acceptors (Lipinski definition) is 2. The van der Waals surface area contributed by atoms with Crippen molar-refractivity contribution in [2.75, 3.05) is 13.6 Å². The fourth-order valence-electron chi connectivity index (χ4n) is 0.249. The van der Waals surface area contributed by atoms with Gasteiger partial charge < -0.3 is 5.32 Å². The molecule has 1 N–H and O–H groups in total. The van der Waals surface area contributed by atoms with Gasteiger partial charge in [0, 0.05) is 0 Å². The van der Waals surface area contributed by atoms with Crippen molar-refractivity contribution < 1.29 is 4.79 Å². The molecule has 62 valence electrons. The number of carbonyl (C=O) groups is 1. The summed E-state index contributed by atoms with van der Waals surface area (Å²) in [6, 6.07) is 0. The second-order valence-corrected chi connectivity index (χ2v) is 2.96. The first-order chi connectivity index (χ1) is 4.50. The van der Waals surface area contributed by atoms with Crippen molar-refractivity contribution >= 4 is 5.78 Å². The number of nitrogens with one attached hydrogen (secondary N) is 1. The molecular formula is C8H19NO. The Morgan fingerprint density at radius 2 is 1.70 bits per heavy atom. The second kappa shape index (κ2) is 8.63. The van der Waals surface area contributed by atoms with Crippen molar-refractivity contribution in [2.24, 2.45) is 5.92 Å². The van der Waals surface area contributed by atoms with Gasteiger partial charge in [-0.2, -0.15) is 0 Å². The lowest BCUT2D eigenvalue weighted by atomic mass is 10.3. The van der Waals surface area contributed by atoms with E-state index in [1.54, 1.807) is 14.0 Å². The average molecular weight is 145 g/mol. The minimum absolute atomic E-state index is 0.178. The zero-order valence-corrected chi connectivity index (χ0v) is 7.69. The highest BCUT2D eigenvalue weighted by molar-refractivity contribution is 5.77. The molecule has 0 rings (SSSR count). The van der Waals surface area contributed by atoms with Crippen LogP contribution in [0.4, 0.5) is 0 Å². The van der Waals surface area contributed by atoms with Crippen molar-refractivity contribution in [3.63, 3.8) is 0 Å². The van der Waals surface area contributed by atoms with Crippen molar-refractivity contribution in [1.82, 2.24) is 5.32 Å². The monoisotopic (exact) mass is 145 g/mol. The molecule has 0 aliphatic rings. The van der Waals surface area contributed by atoms with Crippen LogP contribution in [0.1, 0.15) is 27.7 Å². The van der Waals surface area contributed by atoms with E-state index in [1.165, 1.54) is 0 Å². The third-order valence-corrected chi connectivity index (χ3v) is 0.426. The molecule has 2 nitrogen and oxygen atoms in total. The van der Waals surface area contributed by atoms with E-state index < -0.39 is 0 Å². The molecule has 10 heavy (non-hydrogen) atoms. The Morgan fingerprint density at radius 3 is 1.70 bits per heavy atom. The van der Waals surface area contributed by atoms with Crippen LogP contribution in [-0.2, 0) is 4.79 Å². The molecule has 0 aromatic carbocycles. The predicted molar refractivity (Wildman–Crippen MR) is 45.1 cm³/mol. The van der Waals surface area contributed by atoms with Crippen molar-refractivity contribution in [2.45, 2.75) is 27.7 Å². The summed E-state index contributed by atoms with van der Waals surface area (Å²) in [5, 5.41) is 2.72. The maximum Gasteiger partial charge on any atom is 0.143 e. The highest BCUT2D eigenvalue weighted by atomic mass is 16.1. The van der Waals surface area contributed by atoms with Gasteiger partial charge in [0.2, 0.25) is 0 Å². The number of likely N-dealkylation sites (N-methyl/N-ethyl adjacent to an activating group) is 1. The molecule has 0 fully saturated rings. The molecular weight excluding hydrogens is 126 g/mol. The molecule has 0 aliphatic heterocycles. The average Bonchev–Trinajstić information content (AvgIpc) is 1.62. The van der Waals surface area contributed by atoms with Gasteiger partial charge >= 0.3 is 0 Å². The number of carbonyl (C=O) groups excluding carboxylic acids is 1. The van der Waals surface area contributed by atoms with Crippen LogP contribution in [0.2, 0.25) is 0 Å². The molecule has 0 aromatic heterocycles. The van der Waals surface area contributed by atoms with Crippen LogP contribution in [0.15, 0.2) is 0 Å². The molecule has 0 heterocycles. The maximum absolute atomic E-state index is 9.98. The Bertz CT molecular complexity index is 76.6. The molecule has 0 saturated carbocycles. The van der Waals surface area contributed by atoms with Gasteiger partial charge in [0.1, 0.15) is 5.78 Å². The number of hydrogen-bond donors (Lipinski definition) is 1. The van der Waals surface area contributed by atoms with Gasteiger partial charge in [-0.3, -0.25) is 4.79 Å². The molecule has 2 heteroatoms. The molecule has 0 spiro atoms. The summed E-state index contributed by atoms with van der Waals surface area (Å²) in [4.78, 5) is 9.98. The Balaban J connectivity index is 0. The first-order valence-corrected chi connectivity index (χ1v) is 3.64. The maximum atomic E-state index is 9.98. The zero-order valence-electron chi connectivity index (χ0n) is 7.69. The van der Waals surface area contributed by atoms with Gasteiger partial charge in [-0.05, 0) is 19.9 Å². The first-order valence-electron chi connectivity index (χ1n) is 3.64. The minimum atomic E-state index is 0.178. The predicted octanol–water partition coefficient (Wildman–Crippen LogP) is 1.46. The normalized spacial score (nSPS) is 8.60. The van der Waals surface area contributed by atoms with E-state index in [-0.39, 0.29) is 5.78 Å². The molecule has 0 aromatic rings. The fraction of sp³-hybridized carbons (Fsp3) is 0.875. The Morgan fingerprint density at radius 1 is 1.40 bits per heavy atom. The molecule has 0 aliphatic carbocycles. The van der Waals surface area contributed by atoms with Gasteiger partial charge in [-0.25, -0.2) is 0 Å². The standard InChI is InChI=1S/C4H9NO.C4H10/c1-4(6)3-5-2;1-4(2)3/h5H,3H2,1-2H3;4H,1-3H3. The summed E-state index contributed by atoms with van der Waals surface area (Å²) >= 11 is 0. The van der Waals surface area contributed by atoms with Gasteiger partial charge in [-0.15, -0.1) is 0 Å². The SMILES string of the molecule is CC(C)C.CNCC(C)=O. The zero-order chi connectivity index (χ0) is 8.57. The van der Waals surface area contributed by atoms with Crippen LogP contribution >= 0.6 is 0 Å². The number of ketones is 1.